The first-order valence-corrected chi connectivity index (χ1v) is 6.43. The third kappa shape index (κ3) is 3.94. The summed E-state index contributed by atoms with van der Waals surface area (Å²) in [4.78, 5) is 12.1. The highest BCUT2D eigenvalue weighted by Crippen LogP contribution is 2.21. The summed E-state index contributed by atoms with van der Waals surface area (Å²) < 4.78 is 10.3. The normalized spacial score (nSPS) is 10.7. The molecule has 1 N–H and O–H groups in total. The average molecular weight is 284 g/mol. The summed E-state index contributed by atoms with van der Waals surface area (Å²) in [5, 5.41) is 9.65. The number of ether oxygens (including phenoxy) is 2. The van der Waals surface area contributed by atoms with Crippen LogP contribution in [0.3, 0.4) is 0 Å². The second kappa shape index (κ2) is 7.26. The Kier molecular flexibility index (Phi) is 5.12. The molecule has 0 radical (unpaired) electrons. The smallest absolute Gasteiger partial charge is 0.189 e. The van der Waals surface area contributed by atoms with Gasteiger partial charge in [-0.3, -0.25) is 4.79 Å². The minimum Gasteiger partial charge on any atom is -0.507 e. The van der Waals surface area contributed by atoms with Crippen LogP contribution in [0.4, 0.5) is 0 Å². The third-order valence-corrected chi connectivity index (χ3v) is 2.84. The van der Waals surface area contributed by atoms with Crippen LogP contribution in [0.2, 0.25) is 0 Å². The van der Waals surface area contributed by atoms with Crippen LogP contribution in [0, 0.1) is 0 Å². The van der Waals surface area contributed by atoms with Gasteiger partial charge in [-0.15, -0.1) is 0 Å². The Morgan fingerprint density at radius 3 is 2.62 bits per heavy atom. The number of methoxy groups -OCH3 is 1. The van der Waals surface area contributed by atoms with Crippen molar-refractivity contribution in [2.24, 2.45) is 0 Å². The van der Waals surface area contributed by atoms with E-state index < -0.39 is 0 Å². The van der Waals surface area contributed by atoms with E-state index in [0.29, 0.717) is 5.75 Å². The maximum absolute atomic E-state index is 12.1. The fourth-order valence-corrected chi connectivity index (χ4v) is 1.81. The Balaban J connectivity index is 2.18. The van der Waals surface area contributed by atoms with Gasteiger partial charge in [-0.1, -0.05) is 30.3 Å². The van der Waals surface area contributed by atoms with E-state index in [0.717, 1.165) is 5.56 Å². The van der Waals surface area contributed by atoms with Gasteiger partial charge in [0, 0.05) is 12.7 Å². The van der Waals surface area contributed by atoms with Crippen molar-refractivity contribution in [3.63, 3.8) is 0 Å². The first kappa shape index (κ1) is 14.8. The molecule has 2 aromatic carbocycles. The molecule has 0 unspecified atom stereocenters. The maximum atomic E-state index is 12.1. The predicted octanol–water partition coefficient (Wildman–Crippen LogP) is 3.27. The minimum absolute atomic E-state index is 0.0314. The number of ketones is 1. The lowest BCUT2D eigenvalue weighted by molar-refractivity contribution is 0.0510. The molecule has 0 heterocycles. The number of aromatic hydroxyl groups is 1. The first-order chi connectivity index (χ1) is 10.2. The van der Waals surface area contributed by atoms with E-state index in [1.165, 1.54) is 12.1 Å². The number of allylic oxidation sites excluding steroid dienone is 1. The SMILES string of the molecule is COCOc1ccccc1/C=C/C(=O)c1ccccc1O. The summed E-state index contributed by atoms with van der Waals surface area (Å²) in [6, 6.07) is 13.8. The van der Waals surface area contributed by atoms with Crippen molar-refractivity contribution in [3.05, 3.63) is 65.7 Å². The van der Waals surface area contributed by atoms with Gasteiger partial charge in [0.1, 0.15) is 11.5 Å². The van der Waals surface area contributed by atoms with Crippen molar-refractivity contribution in [2.45, 2.75) is 0 Å². The van der Waals surface area contributed by atoms with Crippen LogP contribution in [-0.4, -0.2) is 24.8 Å². The van der Waals surface area contributed by atoms with Crippen LogP contribution in [0.15, 0.2) is 54.6 Å². The summed E-state index contributed by atoms with van der Waals surface area (Å²) in [6.45, 7) is 0.137. The van der Waals surface area contributed by atoms with E-state index >= 15 is 0 Å². The summed E-state index contributed by atoms with van der Waals surface area (Å²) in [7, 11) is 1.54. The number of carbonyl (C=O) groups is 1. The highest BCUT2D eigenvalue weighted by Gasteiger charge is 2.07. The summed E-state index contributed by atoms with van der Waals surface area (Å²) in [5.41, 5.74) is 1.03. The zero-order chi connectivity index (χ0) is 15.1. The molecule has 0 fully saturated rings. The average Bonchev–Trinajstić information content (AvgIpc) is 2.52. The largest absolute Gasteiger partial charge is 0.507 e. The summed E-state index contributed by atoms with van der Waals surface area (Å²) in [5.74, 6) is 0.325. The van der Waals surface area contributed by atoms with Crippen LogP contribution in [0.5, 0.6) is 11.5 Å². The Morgan fingerprint density at radius 2 is 1.86 bits per heavy atom. The molecular weight excluding hydrogens is 268 g/mol. The van der Waals surface area contributed by atoms with Crippen molar-refractivity contribution in [1.82, 2.24) is 0 Å². The zero-order valence-electron chi connectivity index (χ0n) is 11.7. The van der Waals surface area contributed by atoms with Gasteiger partial charge in [-0.2, -0.15) is 0 Å². The summed E-state index contributed by atoms with van der Waals surface area (Å²) in [6.07, 6.45) is 3.06. The quantitative estimate of drug-likeness (QED) is 0.502. The highest BCUT2D eigenvalue weighted by atomic mass is 16.7. The topological polar surface area (TPSA) is 55.8 Å². The van der Waals surface area contributed by atoms with Gasteiger partial charge in [0.25, 0.3) is 0 Å². The molecule has 2 rings (SSSR count). The van der Waals surface area contributed by atoms with Crippen LogP contribution >= 0.6 is 0 Å². The van der Waals surface area contributed by atoms with Gasteiger partial charge in [-0.05, 0) is 30.4 Å². The first-order valence-electron chi connectivity index (χ1n) is 6.43. The van der Waals surface area contributed by atoms with Crippen LogP contribution in [-0.2, 0) is 4.74 Å². The zero-order valence-corrected chi connectivity index (χ0v) is 11.7. The number of para-hydroxylation sites is 2. The molecule has 0 aliphatic carbocycles. The fraction of sp³-hybridized carbons (Fsp3) is 0.118. The molecule has 4 heteroatoms. The van der Waals surface area contributed by atoms with Crippen LogP contribution in [0.25, 0.3) is 6.08 Å². The standard InChI is InChI=1S/C17H16O4/c1-20-12-21-17-9-5-2-6-13(17)10-11-16(19)14-7-3-4-8-15(14)18/h2-11,18H,12H2,1H3/b11-10+. The lowest BCUT2D eigenvalue weighted by Gasteiger charge is -2.07. The van der Waals surface area contributed by atoms with Gasteiger partial charge in [0.15, 0.2) is 12.6 Å². The molecule has 0 saturated heterocycles. The van der Waals surface area contributed by atoms with Crippen LogP contribution < -0.4 is 4.74 Å². The van der Waals surface area contributed by atoms with Gasteiger partial charge < -0.3 is 14.6 Å². The molecular formula is C17H16O4. The maximum Gasteiger partial charge on any atom is 0.189 e. The van der Waals surface area contributed by atoms with E-state index in [2.05, 4.69) is 0 Å². The molecule has 0 bridgehead atoms. The number of hydrogen-bond donors (Lipinski definition) is 1. The number of carbonyl (C=O) groups excluding carboxylic acids is 1. The molecule has 0 aromatic heterocycles. The minimum atomic E-state index is -0.269. The van der Waals surface area contributed by atoms with Gasteiger partial charge >= 0.3 is 0 Å². The van der Waals surface area contributed by atoms with Crippen molar-refractivity contribution in [3.8, 4) is 11.5 Å². The molecule has 0 atom stereocenters. The van der Waals surface area contributed by atoms with E-state index in [4.69, 9.17) is 9.47 Å². The Morgan fingerprint density at radius 1 is 1.14 bits per heavy atom. The van der Waals surface area contributed by atoms with Crippen molar-refractivity contribution >= 4 is 11.9 Å². The number of phenolic OH excluding ortho intramolecular Hbond substituents is 1. The van der Waals surface area contributed by atoms with Gasteiger partial charge in [0.05, 0.1) is 5.56 Å². The molecule has 0 aliphatic heterocycles. The highest BCUT2D eigenvalue weighted by molar-refractivity contribution is 6.08. The fourth-order valence-electron chi connectivity index (χ4n) is 1.81. The molecule has 108 valence electrons. The van der Waals surface area contributed by atoms with Crippen molar-refractivity contribution in [2.75, 3.05) is 13.9 Å². The second-order valence-electron chi connectivity index (χ2n) is 4.30. The molecule has 0 amide bonds. The van der Waals surface area contributed by atoms with E-state index in [9.17, 15) is 9.90 Å². The Hall–Kier alpha value is -2.59. The molecule has 4 nitrogen and oxygen atoms in total. The van der Waals surface area contributed by atoms with Gasteiger partial charge in [0.2, 0.25) is 0 Å². The number of phenols is 1. The van der Waals surface area contributed by atoms with Crippen molar-refractivity contribution in [1.29, 1.82) is 0 Å². The lowest BCUT2D eigenvalue weighted by atomic mass is 10.1. The van der Waals surface area contributed by atoms with Gasteiger partial charge in [-0.25, -0.2) is 0 Å². The Labute approximate surface area is 123 Å². The number of rotatable bonds is 6. The number of benzene rings is 2. The second-order valence-corrected chi connectivity index (χ2v) is 4.30. The van der Waals surface area contributed by atoms with E-state index in [1.54, 1.807) is 37.5 Å². The molecule has 0 aliphatic rings. The molecule has 0 spiro atoms. The molecule has 0 saturated carbocycles. The number of hydrogen-bond acceptors (Lipinski definition) is 4. The third-order valence-electron chi connectivity index (χ3n) is 2.84. The monoisotopic (exact) mass is 284 g/mol. The van der Waals surface area contributed by atoms with E-state index in [1.807, 2.05) is 18.2 Å². The molecule has 2 aromatic rings. The summed E-state index contributed by atoms with van der Waals surface area (Å²) >= 11 is 0. The van der Waals surface area contributed by atoms with Crippen LogP contribution in [0.1, 0.15) is 15.9 Å². The Bertz CT molecular complexity index is 647. The lowest BCUT2D eigenvalue weighted by Crippen LogP contribution is -2.00. The predicted molar refractivity (Wildman–Crippen MR) is 80.4 cm³/mol. The van der Waals surface area contributed by atoms with E-state index in [-0.39, 0.29) is 23.9 Å². The molecule has 21 heavy (non-hydrogen) atoms. The van der Waals surface area contributed by atoms with Crippen molar-refractivity contribution < 1.29 is 19.4 Å².